The minimum Gasteiger partial charge on any atom is -0.489 e. The minimum atomic E-state index is -3.05. The zero-order chi connectivity index (χ0) is 14.5. The summed E-state index contributed by atoms with van der Waals surface area (Å²) in [6.45, 7) is 0.0874. The van der Waals surface area contributed by atoms with E-state index in [2.05, 4.69) is 0 Å². The third-order valence-electron chi connectivity index (χ3n) is 2.61. The van der Waals surface area contributed by atoms with Gasteiger partial charge in [-0.05, 0) is 29.8 Å². The number of Topliss-reactive ketones (excluding diaryl/α,β-unsaturated/α-hetero) is 1. The highest BCUT2D eigenvalue weighted by Crippen LogP contribution is 2.17. The van der Waals surface area contributed by atoms with Crippen molar-refractivity contribution in [1.29, 1.82) is 0 Å². The van der Waals surface area contributed by atoms with Crippen LogP contribution in [0.5, 0.6) is 5.75 Å². The van der Waals surface area contributed by atoms with E-state index in [1.54, 1.807) is 18.2 Å². The summed E-state index contributed by atoms with van der Waals surface area (Å²) in [4.78, 5) is 11.2. The zero-order valence-electron chi connectivity index (χ0n) is 10.4. The predicted octanol–water partition coefficient (Wildman–Crippen LogP) is 3.85. The molecule has 104 valence electrons. The van der Waals surface area contributed by atoms with Gasteiger partial charge in [-0.15, -0.1) is 0 Å². The van der Waals surface area contributed by atoms with Crippen molar-refractivity contribution in [1.82, 2.24) is 0 Å². The SMILES string of the molecule is O=C(c1cccc(OCc2cccc(F)c2)c1)C(F)F. The van der Waals surface area contributed by atoms with Crippen LogP contribution in [-0.2, 0) is 6.61 Å². The molecule has 0 aromatic heterocycles. The Hall–Kier alpha value is -2.30. The number of ether oxygens (including phenoxy) is 1. The van der Waals surface area contributed by atoms with Crippen LogP contribution in [0.1, 0.15) is 15.9 Å². The number of rotatable bonds is 5. The third-order valence-corrected chi connectivity index (χ3v) is 2.61. The molecule has 0 saturated heterocycles. The molecular weight excluding hydrogens is 269 g/mol. The molecule has 20 heavy (non-hydrogen) atoms. The summed E-state index contributed by atoms with van der Waals surface area (Å²) in [5.74, 6) is -1.35. The van der Waals surface area contributed by atoms with Gasteiger partial charge in [-0.1, -0.05) is 24.3 Å². The van der Waals surface area contributed by atoms with Crippen LogP contribution in [0.4, 0.5) is 13.2 Å². The number of halogens is 3. The van der Waals surface area contributed by atoms with Crippen LogP contribution in [0.2, 0.25) is 0 Å². The lowest BCUT2D eigenvalue weighted by Gasteiger charge is -2.08. The highest BCUT2D eigenvalue weighted by atomic mass is 19.3. The molecule has 0 aliphatic carbocycles. The average molecular weight is 280 g/mol. The van der Waals surface area contributed by atoms with Crippen molar-refractivity contribution in [2.45, 2.75) is 13.0 Å². The summed E-state index contributed by atoms with van der Waals surface area (Å²) in [6, 6.07) is 11.4. The first-order chi connectivity index (χ1) is 9.56. The Morgan fingerprint density at radius 3 is 2.55 bits per heavy atom. The van der Waals surface area contributed by atoms with Gasteiger partial charge in [0.1, 0.15) is 18.2 Å². The molecule has 2 aromatic carbocycles. The second kappa shape index (κ2) is 6.23. The van der Waals surface area contributed by atoms with Crippen molar-refractivity contribution in [2.24, 2.45) is 0 Å². The molecule has 0 saturated carbocycles. The van der Waals surface area contributed by atoms with Crippen molar-refractivity contribution < 1.29 is 22.7 Å². The van der Waals surface area contributed by atoms with Crippen LogP contribution in [0.3, 0.4) is 0 Å². The number of alkyl halides is 2. The van der Waals surface area contributed by atoms with E-state index in [4.69, 9.17) is 4.74 Å². The molecule has 2 aromatic rings. The smallest absolute Gasteiger partial charge is 0.300 e. The van der Waals surface area contributed by atoms with Crippen molar-refractivity contribution in [3.8, 4) is 5.75 Å². The standard InChI is InChI=1S/C15H11F3O2/c16-12-5-1-3-10(7-12)9-20-13-6-2-4-11(8-13)14(19)15(17)18/h1-8,15H,9H2. The van der Waals surface area contributed by atoms with Gasteiger partial charge in [0.15, 0.2) is 0 Å². The summed E-state index contributed by atoms with van der Waals surface area (Å²) >= 11 is 0. The van der Waals surface area contributed by atoms with Crippen molar-refractivity contribution >= 4 is 5.78 Å². The molecule has 5 heteroatoms. The maximum Gasteiger partial charge on any atom is 0.300 e. The molecular formula is C15H11F3O2. The van der Waals surface area contributed by atoms with E-state index < -0.39 is 12.2 Å². The number of carbonyl (C=O) groups is 1. The fourth-order valence-electron chi connectivity index (χ4n) is 1.66. The Balaban J connectivity index is 2.07. The molecule has 0 spiro atoms. The van der Waals surface area contributed by atoms with Crippen LogP contribution in [0, 0.1) is 5.82 Å². The molecule has 2 nitrogen and oxygen atoms in total. The first kappa shape index (κ1) is 14.1. The van der Waals surface area contributed by atoms with Gasteiger partial charge in [0.05, 0.1) is 0 Å². The summed E-state index contributed by atoms with van der Waals surface area (Å²) in [7, 11) is 0. The fourth-order valence-corrected chi connectivity index (χ4v) is 1.66. The minimum absolute atomic E-state index is 0.0874. The predicted molar refractivity (Wildman–Crippen MR) is 67.5 cm³/mol. The summed E-state index contributed by atoms with van der Waals surface area (Å²) in [5.41, 5.74) is 0.493. The van der Waals surface area contributed by atoms with Crippen molar-refractivity contribution in [3.05, 3.63) is 65.5 Å². The second-order valence-corrected chi connectivity index (χ2v) is 4.11. The number of benzene rings is 2. The molecule has 0 heterocycles. The zero-order valence-corrected chi connectivity index (χ0v) is 10.4. The topological polar surface area (TPSA) is 26.3 Å². The van der Waals surface area contributed by atoms with Crippen LogP contribution < -0.4 is 4.74 Å². The van der Waals surface area contributed by atoms with E-state index >= 15 is 0 Å². The van der Waals surface area contributed by atoms with E-state index in [9.17, 15) is 18.0 Å². The number of carbonyl (C=O) groups excluding carboxylic acids is 1. The molecule has 0 amide bonds. The van der Waals surface area contributed by atoms with Gasteiger partial charge in [0, 0.05) is 5.56 Å². The Bertz CT molecular complexity index is 612. The van der Waals surface area contributed by atoms with Gasteiger partial charge in [-0.3, -0.25) is 4.79 Å². The molecule has 0 atom stereocenters. The quantitative estimate of drug-likeness (QED) is 0.777. The molecule has 0 N–H and O–H groups in total. The number of ketones is 1. The molecule has 0 fully saturated rings. The van der Waals surface area contributed by atoms with Crippen LogP contribution >= 0.6 is 0 Å². The van der Waals surface area contributed by atoms with Gasteiger partial charge in [-0.25, -0.2) is 13.2 Å². The first-order valence-corrected chi connectivity index (χ1v) is 5.86. The summed E-state index contributed by atoms with van der Waals surface area (Å²) in [5, 5.41) is 0. The molecule has 0 bridgehead atoms. The van der Waals surface area contributed by atoms with Gasteiger partial charge < -0.3 is 4.74 Å². The fraction of sp³-hybridized carbons (Fsp3) is 0.133. The molecule has 0 radical (unpaired) electrons. The molecule has 0 aliphatic rings. The van der Waals surface area contributed by atoms with E-state index in [0.717, 1.165) is 0 Å². The number of hydrogen-bond acceptors (Lipinski definition) is 2. The van der Waals surface area contributed by atoms with Crippen LogP contribution in [-0.4, -0.2) is 12.2 Å². The summed E-state index contributed by atoms with van der Waals surface area (Å²) < 4.78 is 42.9. The van der Waals surface area contributed by atoms with Gasteiger partial charge >= 0.3 is 6.43 Å². The van der Waals surface area contributed by atoms with E-state index in [0.29, 0.717) is 5.56 Å². The van der Waals surface area contributed by atoms with E-state index in [1.807, 2.05) is 0 Å². The van der Waals surface area contributed by atoms with Gasteiger partial charge in [-0.2, -0.15) is 0 Å². The molecule has 0 unspecified atom stereocenters. The number of hydrogen-bond donors (Lipinski definition) is 0. The summed E-state index contributed by atoms with van der Waals surface area (Å²) in [6.07, 6.45) is -3.05. The highest BCUT2D eigenvalue weighted by molar-refractivity contribution is 5.98. The molecule has 2 rings (SSSR count). The van der Waals surface area contributed by atoms with Crippen LogP contribution in [0.15, 0.2) is 48.5 Å². The Morgan fingerprint density at radius 1 is 1.10 bits per heavy atom. The Labute approximate surface area is 113 Å². The van der Waals surface area contributed by atoms with E-state index in [1.165, 1.54) is 30.3 Å². The molecule has 0 aliphatic heterocycles. The maximum atomic E-state index is 13.0. The van der Waals surface area contributed by atoms with E-state index in [-0.39, 0.29) is 23.7 Å². The lowest BCUT2D eigenvalue weighted by atomic mass is 10.1. The first-order valence-electron chi connectivity index (χ1n) is 5.86. The van der Waals surface area contributed by atoms with Gasteiger partial charge in [0.2, 0.25) is 5.78 Å². The third kappa shape index (κ3) is 3.60. The Kier molecular flexibility index (Phi) is 4.40. The lowest BCUT2D eigenvalue weighted by Crippen LogP contribution is -2.10. The average Bonchev–Trinajstić information content (AvgIpc) is 2.44. The largest absolute Gasteiger partial charge is 0.489 e. The van der Waals surface area contributed by atoms with Gasteiger partial charge in [0.25, 0.3) is 0 Å². The maximum absolute atomic E-state index is 13.0. The monoisotopic (exact) mass is 280 g/mol. The second-order valence-electron chi connectivity index (χ2n) is 4.11. The van der Waals surface area contributed by atoms with Crippen LogP contribution in [0.25, 0.3) is 0 Å². The lowest BCUT2D eigenvalue weighted by molar-refractivity contribution is 0.0678. The highest BCUT2D eigenvalue weighted by Gasteiger charge is 2.17. The van der Waals surface area contributed by atoms with Crippen molar-refractivity contribution in [2.75, 3.05) is 0 Å². The van der Waals surface area contributed by atoms with Crippen molar-refractivity contribution in [3.63, 3.8) is 0 Å². The normalized spacial score (nSPS) is 10.6. The Morgan fingerprint density at radius 2 is 1.85 bits per heavy atom.